The lowest BCUT2D eigenvalue weighted by molar-refractivity contribution is -0.155. The highest BCUT2D eigenvalue weighted by Gasteiger charge is 2.46. The SMILES string of the molecule is COC(=O)C1(CC2CCCc3c(C(F)(F)F)nn(-c4cncc(Br)c4)c32)CCNCC1. The molecule has 6 nitrogen and oxygen atoms in total. The molecule has 2 aromatic heterocycles. The second-order valence-corrected chi connectivity index (χ2v) is 9.21. The van der Waals surface area contributed by atoms with Crippen LogP contribution < -0.4 is 5.32 Å². The molecule has 2 aliphatic rings. The second-order valence-electron chi connectivity index (χ2n) is 8.30. The van der Waals surface area contributed by atoms with E-state index in [9.17, 15) is 18.0 Å². The predicted octanol–water partition coefficient (Wildman–Crippen LogP) is 4.40. The molecule has 0 aromatic carbocycles. The molecule has 3 heterocycles. The lowest BCUT2D eigenvalue weighted by atomic mass is 9.69. The van der Waals surface area contributed by atoms with Gasteiger partial charge in [-0.05, 0) is 73.6 Å². The van der Waals surface area contributed by atoms with Gasteiger partial charge in [0, 0.05) is 22.2 Å². The number of piperidine rings is 1. The van der Waals surface area contributed by atoms with Crippen molar-refractivity contribution >= 4 is 21.9 Å². The molecule has 4 rings (SSSR count). The Kier molecular flexibility index (Phi) is 6.13. The third kappa shape index (κ3) is 4.24. The van der Waals surface area contributed by atoms with Crippen LogP contribution in [0.25, 0.3) is 5.69 Å². The van der Waals surface area contributed by atoms with Gasteiger partial charge < -0.3 is 10.1 Å². The van der Waals surface area contributed by atoms with Gasteiger partial charge in [-0.25, -0.2) is 4.68 Å². The number of pyridine rings is 1. The molecule has 0 bridgehead atoms. The number of alkyl halides is 3. The summed E-state index contributed by atoms with van der Waals surface area (Å²) in [5.74, 6) is -0.518. The van der Waals surface area contributed by atoms with Crippen molar-refractivity contribution in [3.63, 3.8) is 0 Å². The van der Waals surface area contributed by atoms with Gasteiger partial charge in [0.05, 0.1) is 30.1 Å². The molecule has 1 unspecified atom stereocenters. The highest BCUT2D eigenvalue weighted by atomic mass is 79.9. The van der Waals surface area contributed by atoms with Crippen LogP contribution in [-0.4, -0.2) is 40.9 Å². The predicted molar refractivity (Wildman–Crippen MR) is 111 cm³/mol. The Morgan fingerprint density at radius 2 is 2.10 bits per heavy atom. The first-order valence-electron chi connectivity index (χ1n) is 10.3. The minimum absolute atomic E-state index is 0.233. The standard InChI is InChI=1S/C21H24BrF3N4O2/c1-31-19(30)20(5-7-26-8-6-20)10-13-3-2-4-16-17(13)29(28-18(16)21(23,24)25)15-9-14(22)11-27-12-15/h9,11-13,26H,2-8,10H2,1H3. The maximum Gasteiger partial charge on any atom is 0.435 e. The Morgan fingerprint density at radius 3 is 2.74 bits per heavy atom. The number of fused-ring (bicyclic) bond motifs is 1. The quantitative estimate of drug-likeness (QED) is 0.630. The Balaban J connectivity index is 1.83. The molecule has 1 N–H and O–H groups in total. The lowest BCUT2D eigenvalue weighted by Crippen LogP contribution is -2.44. The zero-order valence-electron chi connectivity index (χ0n) is 17.1. The van der Waals surface area contributed by atoms with Crippen LogP contribution in [0.2, 0.25) is 0 Å². The molecular weight excluding hydrogens is 477 g/mol. The van der Waals surface area contributed by atoms with Crippen LogP contribution in [0.1, 0.15) is 55.0 Å². The first kappa shape index (κ1) is 22.3. The molecule has 10 heteroatoms. The van der Waals surface area contributed by atoms with Gasteiger partial charge in [-0.3, -0.25) is 9.78 Å². The highest BCUT2D eigenvalue weighted by molar-refractivity contribution is 9.10. The number of esters is 1. The third-order valence-electron chi connectivity index (χ3n) is 6.41. The van der Waals surface area contributed by atoms with E-state index in [0.29, 0.717) is 67.5 Å². The smallest absolute Gasteiger partial charge is 0.435 e. The molecular formula is C21H24BrF3N4O2. The van der Waals surface area contributed by atoms with Gasteiger partial charge >= 0.3 is 12.1 Å². The fourth-order valence-corrected chi connectivity index (χ4v) is 5.37. The van der Waals surface area contributed by atoms with Gasteiger partial charge in [0.1, 0.15) is 0 Å². The van der Waals surface area contributed by atoms with Crippen LogP contribution in [0.5, 0.6) is 0 Å². The van der Waals surface area contributed by atoms with Crippen LogP contribution in [-0.2, 0) is 22.1 Å². The summed E-state index contributed by atoms with van der Waals surface area (Å²) in [6.45, 7) is 1.36. The Morgan fingerprint density at radius 1 is 1.35 bits per heavy atom. The normalized spacial score (nSPS) is 20.9. The summed E-state index contributed by atoms with van der Waals surface area (Å²) in [6.07, 6.45) is 1.81. The number of ether oxygens (including phenoxy) is 1. The summed E-state index contributed by atoms with van der Waals surface area (Å²) in [4.78, 5) is 16.9. The number of halogens is 4. The highest BCUT2D eigenvalue weighted by Crippen LogP contribution is 2.47. The summed E-state index contributed by atoms with van der Waals surface area (Å²) in [5, 5.41) is 7.26. The molecule has 2 aromatic rings. The summed E-state index contributed by atoms with van der Waals surface area (Å²) in [6, 6.07) is 1.70. The second kappa shape index (κ2) is 8.54. The Bertz CT molecular complexity index is 970. The van der Waals surface area contributed by atoms with Crippen molar-refractivity contribution < 1.29 is 22.7 Å². The molecule has 31 heavy (non-hydrogen) atoms. The van der Waals surface area contributed by atoms with Crippen molar-refractivity contribution in [3.05, 3.63) is 39.9 Å². The lowest BCUT2D eigenvalue weighted by Gasteiger charge is -2.38. The minimum Gasteiger partial charge on any atom is -0.469 e. The summed E-state index contributed by atoms with van der Waals surface area (Å²) in [7, 11) is 1.37. The van der Waals surface area contributed by atoms with E-state index in [1.165, 1.54) is 18.0 Å². The fourth-order valence-electron chi connectivity index (χ4n) is 5.02. The monoisotopic (exact) mass is 500 g/mol. The van der Waals surface area contributed by atoms with Crippen molar-refractivity contribution in [3.8, 4) is 5.69 Å². The molecule has 1 aliphatic carbocycles. The number of carbonyl (C=O) groups excluding carboxylic acids is 1. The molecule has 1 atom stereocenters. The Hall–Kier alpha value is -1.94. The number of hydrogen-bond donors (Lipinski definition) is 1. The van der Waals surface area contributed by atoms with Crippen LogP contribution in [0.4, 0.5) is 13.2 Å². The number of carbonyl (C=O) groups is 1. The molecule has 1 aliphatic heterocycles. The van der Waals surface area contributed by atoms with Crippen LogP contribution in [0, 0.1) is 5.41 Å². The van der Waals surface area contributed by atoms with Gasteiger partial charge in [-0.2, -0.15) is 18.3 Å². The summed E-state index contributed by atoms with van der Waals surface area (Å²) in [5.41, 5.74) is -0.310. The van der Waals surface area contributed by atoms with Crippen molar-refractivity contribution in [1.29, 1.82) is 0 Å². The number of aromatic nitrogens is 3. The Labute approximate surface area is 186 Å². The van der Waals surface area contributed by atoms with Crippen molar-refractivity contribution in [1.82, 2.24) is 20.1 Å². The van der Waals surface area contributed by atoms with Crippen LogP contribution in [0.15, 0.2) is 22.9 Å². The molecule has 0 saturated carbocycles. The van der Waals surface area contributed by atoms with Crippen molar-refractivity contribution in [2.24, 2.45) is 5.41 Å². The number of hydrogen-bond acceptors (Lipinski definition) is 5. The largest absolute Gasteiger partial charge is 0.469 e. The van der Waals surface area contributed by atoms with E-state index in [4.69, 9.17) is 4.74 Å². The summed E-state index contributed by atoms with van der Waals surface area (Å²) >= 11 is 3.34. The van der Waals surface area contributed by atoms with Crippen molar-refractivity contribution in [2.45, 2.75) is 50.6 Å². The zero-order chi connectivity index (χ0) is 22.2. The average molecular weight is 501 g/mol. The minimum atomic E-state index is -4.55. The van der Waals surface area contributed by atoms with Gasteiger partial charge in [0.15, 0.2) is 5.69 Å². The van der Waals surface area contributed by atoms with E-state index in [1.807, 2.05) is 0 Å². The molecule has 0 amide bonds. The van der Waals surface area contributed by atoms with E-state index in [0.717, 1.165) is 0 Å². The van der Waals surface area contributed by atoms with Gasteiger partial charge in [-0.1, -0.05) is 0 Å². The topological polar surface area (TPSA) is 69.0 Å². The molecule has 1 fully saturated rings. The molecule has 168 valence electrons. The molecule has 0 radical (unpaired) electrons. The summed E-state index contributed by atoms with van der Waals surface area (Å²) < 4.78 is 48.7. The van der Waals surface area contributed by atoms with E-state index in [-0.39, 0.29) is 17.5 Å². The first-order chi connectivity index (χ1) is 14.7. The van der Waals surface area contributed by atoms with E-state index in [2.05, 4.69) is 31.3 Å². The first-order valence-corrected chi connectivity index (χ1v) is 11.1. The van der Waals surface area contributed by atoms with Gasteiger partial charge in [0.25, 0.3) is 0 Å². The number of methoxy groups -OCH3 is 1. The number of rotatable bonds is 4. The van der Waals surface area contributed by atoms with E-state index in [1.54, 1.807) is 12.3 Å². The number of nitrogens with zero attached hydrogens (tertiary/aromatic N) is 3. The van der Waals surface area contributed by atoms with Gasteiger partial charge in [0.2, 0.25) is 0 Å². The number of nitrogens with one attached hydrogen (secondary N) is 1. The maximum absolute atomic E-state index is 13.8. The van der Waals surface area contributed by atoms with Gasteiger partial charge in [-0.15, -0.1) is 0 Å². The van der Waals surface area contributed by atoms with Crippen LogP contribution >= 0.6 is 15.9 Å². The molecule has 0 spiro atoms. The molecule has 1 saturated heterocycles. The third-order valence-corrected chi connectivity index (χ3v) is 6.84. The average Bonchev–Trinajstić information content (AvgIpc) is 3.15. The van der Waals surface area contributed by atoms with E-state index >= 15 is 0 Å². The maximum atomic E-state index is 13.8. The van der Waals surface area contributed by atoms with E-state index < -0.39 is 17.3 Å². The zero-order valence-corrected chi connectivity index (χ0v) is 18.7. The van der Waals surface area contributed by atoms with Crippen LogP contribution in [0.3, 0.4) is 0 Å². The van der Waals surface area contributed by atoms with Crippen molar-refractivity contribution in [2.75, 3.05) is 20.2 Å². The fraction of sp³-hybridized carbons (Fsp3) is 0.571.